The predicted molar refractivity (Wildman–Crippen MR) is 71.7 cm³/mol. The first-order valence-electron chi connectivity index (χ1n) is 5.97. The summed E-state index contributed by atoms with van der Waals surface area (Å²) in [4.78, 5) is 0. The molecule has 3 nitrogen and oxygen atoms in total. The van der Waals surface area contributed by atoms with Crippen LogP contribution in [-0.4, -0.2) is 24.4 Å². The van der Waals surface area contributed by atoms with Crippen LogP contribution in [0.4, 0.5) is 5.69 Å². The van der Waals surface area contributed by atoms with Gasteiger partial charge in [-0.05, 0) is 37.5 Å². The lowest BCUT2D eigenvalue weighted by atomic mass is 9.92. The van der Waals surface area contributed by atoms with Gasteiger partial charge >= 0.3 is 0 Å². The van der Waals surface area contributed by atoms with Gasteiger partial charge in [0, 0.05) is 6.54 Å². The van der Waals surface area contributed by atoms with Crippen LogP contribution in [-0.2, 0) is 0 Å². The molecule has 3 heteroatoms. The number of ether oxygens (including phenoxy) is 1. The Morgan fingerprint density at radius 2 is 2.06 bits per heavy atom. The van der Waals surface area contributed by atoms with E-state index in [1.165, 1.54) is 0 Å². The van der Waals surface area contributed by atoms with Crippen LogP contribution in [0.1, 0.15) is 26.3 Å². The average Bonchev–Trinajstić information content (AvgIpc) is 2.26. The molecule has 1 rings (SSSR count). The molecule has 17 heavy (non-hydrogen) atoms. The fourth-order valence-electron chi connectivity index (χ4n) is 1.44. The molecular weight excluding hydrogens is 214 g/mol. The van der Waals surface area contributed by atoms with E-state index >= 15 is 0 Å². The van der Waals surface area contributed by atoms with Crippen molar-refractivity contribution >= 4 is 5.69 Å². The second-order valence-electron chi connectivity index (χ2n) is 5.07. The van der Waals surface area contributed by atoms with Gasteiger partial charge in [0.15, 0.2) is 0 Å². The quantitative estimate of drug-likeness (QED) is 0.827. The molecule has 0 fully saturated rings. The topological polar surface area (TPSA) is 41.5 Å². The molecule has 1 aromatic carbocycles. The molecule has 0 aliphatic rings. The van der Waals surface area contributed by atoms with Crippen molar-refractivity contribution in [3.63, 3.8) is 0 Å². The van der Waals surface area contributed by atoms with E-state index in [9.17, 15) is 5.11 Å². The minimum absolute atomic E-state index is 0.200. The van der Waals surface area contributed by atoms with Crippen molar-refractivity contribution in [1.29, 1.82) is 0 Å². The highest BCUT2D eigenvalue weighted by Gasteiger charge is 2.24. The van der Waals surface area contributed by atoms with Crippen LogP contribution in [0.25, 0.3) is 0 Å². The van der Waals surface area contributed by atoms with Gasteiger partial charge in [0.2, 0.25) is 0 Å². The van der Waals surface area contributed by atoms with E-state index < -0.39 is 5.60 Å². The van der Waals surface area contributed by atoms with Crippen LogP contribution < -0.4 is 10.1 Å². The maximum absolute atomic E-state index is 10.2. The largest absolute Gasteiger partial charge is 0.495 e. The molecule has 0 aromatic heterocycles. The standard InChI is InChI=1S/C14H23NO2/c1-10(2)14(4,16)9-15-12-8-11(3)6-7-13(12)17-5/h6-8,10,15-16H,9H2,1-5H3. The van der Waals surface area contributed by atoms with Crippen molar-refractivity contribution < 1.29 is 9.84 Å². The van der Waals surface area contributed by atoms with Gasteiger partial charge in [0.05, 0.1) is 18.4 Å². The van der Waals surface area contributed by atoms with Gasteiger partial charge in [-0.1, -0.05) is 19.9 Å². The first kappa shape index (κ1) is 13.8. The van der Waals surface area contributed by atoms with Gasteiger partial charge in [0.1, 0.15) is 5.75 Å². The minimum Gasteiger partial charge on any atom is -0.495 e. The molecule has 2 N–H and O–H groups in total. The number of methoxy groups -OCH3 is 1. The second kappa shape index (κ2) is 5.41. The Morgan fingerprint density at radius 3 is 2.59 bits per heavy atom. The maximum atomic E-state index is 10.2. The predicted octanol–water partition coefficient (Wildman–Crippen LogP) is 2.82. The number of nitrogens with one attached hydrogen (secondary N) is 1. The summed E-state index contributed by atoms with van der Waals surface area (Å²) in [5, 5.41) is 13.4. The highest BCUT2D eigenvalue weighted by atomic mass is 16.5. The molecule has 1 aromatic rings. The van der Waals surface area contributed by atoms with Gasteiger partial charge in [-0.3, -0.25) is 0 Å². The summed E-state index contributed by atoms with van der Waals surface area (Å²) in [5.41, 5.74) is 1.36. The Kier molecular flexibility index (Phi) is 4.40. The molecule has 96 valence electrons. The summed E-state index contributed by atoms with van der Waals surface area (Å²) in [6.07, 6.45) is 0. The molecular formula is C14H23NO2. The number of rotatable bonds is 5. The normalized spacial score (nSPS) is 14.5. The SMILES string of the molecule is COc1ccc(C)cc1NCC(C)(O)C(C)C. The summed E-state index contributed by atoms with van der Waals surface area (Å²) in [6, 6.07) is 5.96. The van der Waals surface area contributed by atoms with Gasteiger partial charge in [0.25, 0.3) is 0 Å². The van der Waals surface area contributed by atoms with Crippen molar-refractivity contribution in [2.75, 3.05) is 19.0 Å². The second-order valence-corrected chi connectivity index (χ2v) is 5.07. The van der Waals surface area contributed by atoms with E-state index in [2.05, 4.69) is 5.32 Å². The third-order valence-electron chi connectivity index (χ3n) is 3.24. The zero-order valence-corrected chi connectivity index (χ0v) is 11.4. The van der Waals surface area contributed by atoms with Crippen LogP contribution >= 0.6 is 0 Å². The highest BCUT2D eigenvalue weighted by molar-refractivity contribution is 5.58. The lowest BCUT2D eigenvalue weighted by Crippen LogP contribution is -2.38. The Morgan fingerprint density at radius 1 is 1.41 bits per heavy atom. The molecule has 0 aliphatic carbocycles. The Labute approximate surface area is 104 Å². The molecule has 0 heterocycles. The lowest BCUT2D eigenvalue weighted by molar-refractivity contribution is 0.0266. The number of aliphatic hydroxyl groups is 1. The molecule has 0 spiro atoms. The monoisotopic (exact) mass is 237 g/mol. The number of aryl methyl sites for hydroxylation is 1. The Hall–Kier alpha value is -1.22. The first-order valence-corrected chi connectivity index (χ1v) is 5.97. The van der Waals surface area contributed by atoms with E-state index in [0.29, 0.717) is 6.54 Å². The molecule has 1 atom stereocenters. The fourth-order valence-corrected chi connectivity index (χ4v) is 1.44. The Balaban J connectivity index is 2.78. The number of benzene rings is 1. The smallest absolute Gasteiger partial charge is 0.141 e. The van der Waals surface area contributed by atoms with Crippen molar-refractivity contribution in [3.8, 4) is 5.75 Å². The van der Waals surface area contributed by atoms with E-state index in [1.807, 2.05) is 45.9 Å². The molecule has 0 saturated heterocycles. The third kappa shape index (κ3) is 3.63. The zero-order valence-electron chi connectivity index (χ0n) is 11.4. The average molecular weight is 237 g/mol. The van der Waals surface area contributed by atoms with Crippen LogP contribution in [0.2, 0.25) is 0 Å². The molecule has 0 saturated carbocycles. The van der Waals surface area contributed by atoms with Crippen LogP contribution in [0, 0.1) is 12.8 Å². The van der Waals surface area contributed by atoms with Crippen LogP contribution in [0.3, 0.4) is 0 Å². The number of hydrogen-bond acceptors (Lipinski definition) is 3. The zero-order chi connectivity index (χ0) is 13.1. The van der Waals surface area contributed by atoms with E-state index in [1.54, 1.807) is 7.11 Å². The molecule has 1 unspecified atom stereocenters. The number of anilines is 1. The minimum atomic E-state index is -0.727. The third-order valence-corrected chi connectivity index (χ3v) is 3.24. The first-order chi connectivity index (χ1) is 7.86. The summed E-state index contributed by atoms with van der Waals surface area (Å²) in [6.45, 7) is 8.40. The van der Waals surface area contributed by atoms with E-state index in [4.69, 9.17) is 4.74 Å². The molecule has 0 amide bonds. The van der Waals surface area contributed by atoms with Gasteiger partial charge in [-0.15, -0.1) is 0 Å². The summed E-state index contributed by atoms with van der Waals surface area (Å²) < 4.78 is 5.28. The molecule has 0 bridgehead atoms. The summed E-state index contributed by atoms with van der Waals surface area (Å²) >= 11 is 0. The summed E-state index contributed by atoms with van der Waals surface area (Å²) in [5.74, 6) is 1.00. The highest BCUT2D eigenvalue weighted by Crippen LogP contribution is 2.26. The molecule has 0 radical (unpaired) electrons. The number of hydrogen-bond donors (Lipinski definition) is 2. The van der Waals surface area contributed by atoms with Crippen LogP contribution in [0.5, 0.6) is 5.75 Å². The van der Waals surface area contributed by atoms with Gasteiger partial charge in [-0.2, -0.15) is 0 Å². The van der Waals surface area contributed by atoms with Gasteiger partial charge < -0.3 is 15.2 Å². The van der Waals surface area contributed by atoms with Gasteiger partial charge in [-0.25, -0.2) is 0 Å². The fraction of sp³-hybridized carbons (Fsp3) is 0.571. The summed E-state index contributed by atoms with van der Waals surface area (Å²) in [7, 11) is 1.65. The van der Waals surface area contributed by atoms with Crippen molar-refractivity contribution in [2.45, 2.75) is 33.3 Å². The van der Waals surface area contributed by atoms with Crippen molar-refractivity contribution in [3.05, 3.63) is 23.8 Å². The van der Waals surface area contributed by atoms with Crippen molar-refractivity contribution in [1.82, 2.24) is 0 Å². The molecule has 0 aliphatic heterocycles. The van der Waals surface area contributed by atoms with E-state index in [-0.39, 0.29) is 5.92 Å². The van der Waals surface area contributed by atoms with E-state index in [0.717, 1.165) is 17.0 Å². The maximum Gasteiger partial charge on any atom is 0.141 e. The lowest BCUT2D eigenvalue weighted by Gasteiger charge is -2.28. The van der Waals surface area contributed by atoms with Crippen molar-refractivity contribution in [2.24, 2.45) is 5.92 Å². The van der Waals surface area contributed by atoms with Crippen LogP contribution in [0.15, 0.2) is 18.2 Å². The Bertz CT molecular complexity index is 372.